The molecule has 0 saturated carbocycles. The van der Waals surface area contributed by atoms with Crippen LogP contribution in [0.3, 0.4) is 0 Å². The Morgan fingerprint density at radius 3 is 2.57 bits per heavy atom. The van der Waals surface area contributed by atoms with Crippen LogP contribution in [-0.2, 0) is 17.9 Å². The summed E-state index contributed by atoms with van der Waals surface area (Å²) in [7, 11) is 1.59. The molecule has 0 bridgehead atoms. The van der Waals surface area contributed by atoms with E-state index in [-0.39, 0.29) is 18.2 Å². The lowest BCUT2D eigenvalue weighted by atomic mass is 9.91. The molecule has 0 aliphatic carbocycles. The van der Waals surface area contributed by atoms with E-state index in [4.69, 9.17) is 9.47 Å². The number of aliphatic carboxylic acids is 1. The van der Waals surface area contributed by atoms with Crippen LogP contribution in [0, 0.1) is 5.82 Å². The third-order valence-corrected chi connectivity index (χ3v) is 7.02. The number of hydrogen-bond donors (Lipinski definition) is 1. The molecule has 0 radical (unpaired) electrons. The molecule has 1 N–H and O–H groups in total. The maximum Gasteiger partial charge on any atom is 0.303 e. The number of ether oxygens (including phenoxy) is 2. The Bertz CT molecular complexity index is 1210. The average molecular weight is 506 g/mol. The number of methoxy groups -OCH3 is 1. The van der Waals surface area contributed by atoms with Gasteiger partial charge in [0.2, 0.25) is 0 Å². The van der Waals surface area contributed by atoms with Crippen molar-refractivity contribution in [3.63, 3.8) is 0 Å². The first kappa shape index (κ1) is 26.7. The number of hydrogen-bond acceptors (Lipinski definition) is 4. The van der Waals surface area contributed by atoms with Gasteiger partial charge in [-0.25, -0.2) is 4.39 Å². The van der Waals surface area contributed by atoms with Crippen LogP contribution in [-0.4, -0.2) is 36.2 Å². The van der Waals surface area contributed by atoms with Crippen molar-refractivity contribution >= 4 is 5.97 Å². The molecule has 6 heteroatoms. The zero-order valence-corrected chi connectivity index (χ0v) is 21.7. The second kappa shape index (κ2) is 12.7. The minimum Gasteiger partial charge on any atom is -0.497 e. The van der Waals surface area contributed by atoms with Crippen LogP contribution in [0.15, 0.2) is 60.7 Å². The molecule has 37 heavy (non-hydrogen) atoms. The molecule has 1 saturated heterocycles. The van der Waals surface area contributed by atoms with Gasteiger partial charge < -0.3 is 14.6 Å². The number of carboxylic acid groups (broad SMARTS) is 1. The summed E-state index contributed by atoms with van der Waals surface area (Å²) in [5.74, 6) is 0.249. The third-order valence-electron chi connectivity index (χ3n) is 7.02. The van der Waals surface area contributed by atoms with Crippen molar-refractivity contribution in [2.45, 2.75) is 58.1 Å². The molecule has 1 fully saturated rings. The summed E-state index contributed by atoms with van der Waals surface area (Å²) in [6.07, 6.45) is 4.21. The summed E-state index contributed by atoms with van der Waals surface area (Å²) in [5, 5.41) is 9.31. The Hall–Kier alpha value is -3.38. The van der Waals surface area contributed by atoms with Crippen LogP contribution in [0.2, 0.25) is 0 Å². The fourth-order valence-corrected chi connectivity index (χ4v) is 5.12. The first-order valence-electron chi connectivity index (χ1n) is 13.1. The van der Waals surface area contributed by atoms with Crippen molar-refractivity contribution in [2.75, 3.05) is 20.2 Å². The Labute approximate surface area is 218 Å². The van der Waals surface area contributed by atoms with Crippen LogP contribution in [0.5, 0.6) is 11.5 Å². The highest BCUT2D eigenvalue weighted by Gasteiger charge is 2.18. The molecule has 3 aromatic rings. The zero-order valence-electron chi connectivity index (χ0n) is 21.7. The van der Waals surface area contributed by atoms with Crippen molar-refractivity contribution < 1.29 is 23.8 Å². The lowest BCUT2D eigenvalue weighted by Crippen LogP contribution is -2.19. The monoisotopic (exact) mass is 505 g/mol. The van der Waals surface area contributed by atoms with Crippen molar-refractivity contribution in [2.24, 2.45) is 0 Å². The van der Waals surface area contributed by atoms with Gasteiger partial charge in [0.05, 0.1) is 13.5 Å². The van der Waals surface area contributed by atoms with Gasteiger partial charge >= 0.3 is 5.97 Å². The van der Waals surface area contributed by atoms with Crippen LogP contribution in [0.25, 0.3) is 11.1 Å². The Morgan fingerprint density at radius 2 is 1.84 bits per heavy atom. The lowest BCUT2D eigenvalue weighted by Gasteiger charge is -2.20. The zero-order chi connectivity index (χ0) is 26.2. The van der Waals surface area contributed by atoms with Gasteiger partial charge in [0.15, 0.2) is 0 Å². The average Bonchev–Trinajstić information content (AvgIpc) is 3.41. The number of nitrogens with zero attached hydrogens (tertiary/aromatic N) is 1. The van der Waals surface area contributed by atoms with Crippen molar-refractivity contribution in [3.8, 4) is 22.6 Å². The summed E-state index contributed by atoms with van der Waals surface area (Å²) < 4.78 is 26.4. The summed E-state index contributed by atoms with van der Waals surface area (Å²) in [4.78, 5) is 13.7. The second-order valence-electron chi connectivity index (χ2n) is 9.77. The number of carbonyl (C=O) groups is 1. The van der Waals surface area contributed by atoms with Gasteiger partial charge in [-0.3, -0.25) is 9.69 Å². The van der Waals surface area contributed by atoms with Gasteiger partial charge in [0.1, 0.15) is 23.9 Å². The fraction of sp³-hybridized carbons (Fsp3) is 0.387. The van der Waals surface area contributed by atoms with Gasteiger partial charge in [-0.05, 0) is 90.9 Å². The number of carboxylic acids is 1. The number of halogens is 1. The standard InChI is InChI=1S/C31H36FNO4/c1-3-7-23(18-31(34)35)24-8-6-9-27(17-24)37-21-22-10-12-28(25(16-22)20-33-14-4-5-15-33)29-19-26(36-2)11-13-30(29)32/h6,8-13,16-17,19,23H,3-5,7,14-15,18,20-21H2,1-2H3,(H,34,35)/t23-/m1/s1. The van der Waals surface area contributed by atoms with E-state index in [9.17, 15) is 14.3 Å². The van der Waals surface area contributed by atoms with E-state index in [1.54, 1.807) is 19.2 Å². The molecule has 1 aliphatic heterocycles. The summed E-state index contributed by atoms with van der Waals surface area (Å²) in [6, 6.07) is 18.7. The van der Waals surface area contributed by atoms with E-state index in [2.05, 4.69) is 17.9 Å². The van der Waals surface area contributed by atoms with E-state index < -0.39 is 5.97 Å². The van der Waals surface area contributed by atoms with Crippen molar-refractivity contribution in [3.05, 3.63) is 83.2 Å². The molecule has 0 aromatic heterocycles. The van der Waals surface area contributed by atoms with Crippen LogP contribution in [0.1, 0.15) is 61.6 Å². The maximum atomic E-state index is 14.9. The maximum absolute atomic E-state index is 14.9. The molecular weight excluding hydrogens is 469 g/mol. The van der Waals surface area contributed by atoms with E-state index >= 15 is 0 Å². The molecule has 1 aliphatic rings. The predicted molar refractivity (Wildman–Crippen MR) is 144 cm³/mol. The van der Waals surface area contributed by atoms with Gasteiger partial charge in [-0.2, -0.15) is 0 Å². The molecule has 5 nitrogen and oxygen atoms in total. The summed E-state index contributed by atoms with van der Waals surface area (Å²) >= 11 is 0. The van der Waals surface area contributed by atoms with Gasteiger partial charge in [-0.15, -0.1) is 0 Å². The molecule has 0 amide bonds. The smallest absolute Gasteiger partial charge is 0.303 e. The van der Waals surface area contributed by atoms with Crippen LogP contribution >= 0.6 is 0 Å². The number of likely N-dealkylation sites (tertiary alicyclic amines) is 1. The van der Waals surface area contributed by atoms with Gasteiger partial charge in [0.25, 0.3) is 0 Å². The van der Waals surface area contributed by atoms with Crippen LogP contribution < -0.4 is 9.47 Å². The predicted octanol–water partition coefficient (Wildman–Crippen LogP) is 7.03. The largest absolute Gasteiger partial charge is 0.497 e. The van der Waals surface area contributed by atoms with Gasteiger partial charge in [0, 0.05) is 12.1 Å². The Balaban J connectivity index is 1.56. The SMILES string of the molecule is CCC[C@H](CC(=O)O)c1cccc(OCc2ccc(-c3cc(OC)ccc3F)c(CN3CCCC3)c2)c1. The highest BCUT2D eigenvalue weighted by atomic mass is 19.1. The molecule has 1 heterocycles. The van der Waals surface area contributed by atoms with E-state index in [1.807, 2.05) is 36.4 Å². The van der Waals surface area contributed by atoms with E-state index in [0.717, 1.165) is 54.7 Å². The van der Waals surface area contributed by atoms with Crippen molar-refractivity contribution in [1.82, 2.24) is 4.90 Å². The first-order chi connectivity index (χ1) is 18.0. The van der Waals surface area contributed by atoms with Gasteiger partial charge in [-0.1, -0.05) is 43.7 Å². The molecular formula is C31H36FNO4. The molecule has 0 unspecified atom stereocenters. The lowest BCUT2D eigenvalue weighted by molar-refractivity contribution is -0.137. The first-order valence-corrected chi connectivity index (χ1v) is 13.1. The number of benzene rings is 3. The minimum atomic E-state index is -0.789. The molecule has 4 rings (SSSR count). The highest BCUT2D eigenvalue weighted by Crippen LogP contribution is 2.33. The molecule has 196 valence electrons. The topological polar surface area (TPSA) is 59.0 Å². The second-order valence-corrected chi connectivity index (χ2v) is 9.77. The van der Waals surface area contributed by atoms with E-state index in [1.165, 1.54) is 18.9 Å². The summed E-state index contributed by atoms with van der Waals surface area (Å²) in [6.45, 7) is 5.28. The Morgan fingerprint density at radius 1 is 1.03 bits per heavy atom. The summed E-state index contributed by atoms with van der Waals surface area (Å²) in [5.41, 5.74) is 4.45. The molecule has 3 aromatic carbocycles. The van der Waals surface area contributed by atoms with Crippen LogP contribution in [0.4, 0.5) is 4.39 Å². The van der Waals surface area contributed by atoms with E-state index in [0.29, 0.717) is 23.7 Å². The third kappa shape index (κ3) is 7.10. The fourth-order valence-electron chi connectivity index (χ4n) is 5.12. The Kier molecular flexibility index (Phi) is 9.18. The normalized spacial score (nSPS) is 14.5. The number of rotatable bonds is 12. The minimum absolute atomic E-state index is 0.0323. The quantitative estimate of drug-likeness (QED) is 0.286. The molecule has 0 spiro atoms. The molecule has 1 atom stereocenters. The van der Waals surface area contributed by atoms with Crippen molar-refractivity contribution in [1.29, 1.82) is 0 Å². The highest BCUT2D eigenvalue weighted by molar-refractivity contribution is 5.70.